The summed E-state index contributed by atoms with van der Waals surface area (Å²) >= 11 is 0. The molecule has 2 heteroatoms. The van der Waals surface area contributed by atoms with Crippen LogP contribution in [0.3, 0.4) is 0 Å². The van der Waals surface area contributed by atoms with Crippen molar-refractivity contribution < 1.29 is 4.43 Å². The highest BCUT2D eigenvalue weighted by molar-refractivity contribution is 5.98. The van der Waals surface area contributed by atoms with Crippen LogP contribution in [0.15, 0.2) is 0 Å². The summed E-state index contributed by atoms with van der Waals surface area (Å²) in [6, 6.07) is 0. The lowest BCUT2D eigenvalue weighted by molar-refractivity contribution is 0.0422. The second-order valence-electron chi connectivity index (χ2n) is 15.7. The van der Waals surface area contributed by atoms with E-state index in [-0.39, 0.29) is 5.60 Å². The molecule has 0 heterocycles. The maximum absolute atomic E-state index is 6.58. The molecule has 0 aromatic heterocycles. The summed E-state index contributed by atoms with van der Waals surface area (Å²) in [5.41, 5.74) is 0.223. The molecule has 0 saturated heterocycles. The largest absolute Gasteiger partial charge is 0.422 e. The van der Waals surface area contributed by atoms with Gasteiger partial charge in [0.2, 0.25) is 0 Å². The molecule has 0 radical (unpaired) electrons. The Morgan fingerprint density at radius 3 is 0.565 bits per heavy atom. The lowest BCUT2D eigenvalue weighted by Gasteiger charge is -2.34. The van der Waals surface area contributed by atoms with Crippen molar-refractivity contribution in [2.24, 2.45) is 0 Å². The van der Waals surface area contributed by atoms with Gasteiger partial charge in [-0.2, -0.15) is 0 Å². The van der Waals surface area contributed by atoms with Crippen LogP contribution in [0.2, 0.25) is 0 Å². The topological polar surface area (TPSA) is 9.23 Å². The lowest BCUT2D eigenvalue weighted by atomic mass is 9.85. The summed E-state index contributed by atoms with van der Waals surface area (Å²) < 4.78 is 6.58. The van der Waals surface area contributed by atoms with E-state index >= 15 is 0 Å². The molecule has 0 spiro atoms. The number of hydrogen-bond donors (Lipinski definition) is 0. The van der Waals surface area contributed by atoms with E-state index < -0.39 is 0 Å². The maximum atomic E-state index is 6.58. The molecule has 46 heavy (non-hydrogen) atoms. The van der Waals surface area contributed by atoms with Gasteiger partial charge in [-0.15, -0.1) is 0 Å². The van der Waals surface area contributed by atoms with Gasteiger partial charge in [-0.25, -0.2) is 0 Å². The molecule has 0 amide bonds. The first-order valence-electron chi connectivity index (χ1n) is 22.3. The second-order valence-corrected chi connectivity index (χ2v) is 16.1. The summed E-state index contributed by atoms with van der Waals surface area (Å²) in [6.45, 7) is 6.95. The monoisotopic (exact) mass is 665 g/mol. The lowest BCUT2D eigenvalue weighted by Crippen LogP contribution is -2.32. The Hall–Kier alpha value is 0.177. The quantitative estimate of drug-likeness (QED) is 0.0467. The zero-order valence-electron chi connectivity index (χ0n) is 33.2. The first-order valence-corrected chi connectivity index (χ1v) is 23.1. The molecule has 0 aromatic carbocycles. The second kappa shape index (κ2) is 39.6. The van der Waals surface area contributed by atoms with E-state index in [1.165, 1.54) is 257 Å². The zero-order chi connectivity index (χ0) is 33.5. The fraction of sp³-hybridized carbons (Fsp3) is 1.00. The molecule has 0 aliphatic carbocycles. The van der Waals surface area contributed by atoms with Gasteiger partial charge in [0.05, 0.1) is 5.60 Å². The molecule has 0 aliphatic rings. The Balaban J connectivity index is 4.21. The summed E-state index contributed by atoms with van der Waals surface area (Å²) in [6.07, 6.45) is 57.5. The minimum Gasteiger partial charge on any atom is -0.422 e. The number of rotatable bonds is 41. The minimum atomic E-state index is 0.223. The van der Waals surface area contributed by atoms with Crippen molar-refractivity contribution in [2.45, 2.75) is 283 Å². The van der Waals surface area contributed by atoms with Crippen molar-refractivity contribution in [1.29, 1.82) is 0 Å². The molecule has 0 aromatic rings. The first-order chi connectivity index (χ1) is 22.7. The van der Waals surface area contributed by atoms with Crippen LogP contribution in [0.4, 0.5) is 0 Å². The van der Waals surface area contributed by atoms with Crippen LogP contribution in [0.5, 0.6) is 0 Å². The fourth-order valence-electron chi connectivity index (χ4n) is 7.72. The maximum Gasteiger partial charge on any atom is 0.146 e. The van der Waals surface area contributed by atoms with E-state index in [9.17, 15) is 0 Å². The van der Waals surface area contributed by atoms with Crippen molar-refractivity contribution in [3.63, 3.8) is 0 Å². The molecule has 0 aliphatic heterocycles. The van der Waals surface area contributed by atoms with Crippen LogP contribution < -0.4 is 0 Å². The van der Waals surface area contributed by atoms with Gasteiger partial charge < -0.3 is 4.43 Å². The van der Waals surface area contributed by atoms with Gasteiger partial charge in [-0.1, -0.05) is 258 Å². The van der Waals surface area contributed by atoms with Crippen LogP contribution >= 0.6 is 0 Å². The van der Waals surface area contributed by atoms with Crippen molar-refractivity contribution >= 4 is 10.5 Å². The summed E-state index contributed by atoms with van der Waals surface area (Å²) in [5.74, 6) is 0. The molecule has 278 valence electrons. The van der Waals surface area contributed by atoms with Gasteiger partial charge in [0.1, 0.15) is 10.5 Å². The van der Waals surface area contributed by atoms with Crippen LogP contribution in [-0.4, -0.2) is 16.1 Å². The Kier molecular flexibility index (Phi) is 39.8. The zero-order valence-corrected chi connectivity index (χ0v) is 35.2. The average Bonchev–Trinajstić information content (AvgIpc) is 3.07. The van der Waals surface area contributed by atoms with E-state index in [0.29, 0.717) is 0 Å². The van der Waals surface area contributed by atoms with E-state index in [1.54, 1.807) is 0 Å². The third kappa shape index (κ3) is 34.1. The molecule has 0 saturated carbocycles. The van der Waals surface area contributed by atoms with Crippen molar-refractivity contribution in [1.82, 2.24) is 0 Å². The van der Waals surface area contributed by atoms with Crippen LogP contribution in [-0.2, 0) is 4.43 Å². The third-order valence-electron chi connectivity index (χ3n) is 11.1. The van der Waals surface area contributed by atoms with E-state index in [2.05, 4.69) is 20.8 Å². The highest BCUT2D eigenvalue weighted by atomic mass is 28.2. The Labute approximate surface area is 297 Å². The van der Waals surface area contributed by atoms with Crippen molar-refractivity contribution in [3.05, 3.63) is 0 Å². The normalized spacial score (nSPS) is 12.1. The summed E-state index contributed by atoms with van der Waals surface area (Å²) in [4.78, 5) is 0. The highest BCUT2D eigenvalue weighted by Crippen LogP contribution is 2.32. The van der Waals surface area contributed by atoms with Gasteiger partial charge in [-0.3, -0.25) is 0 Å². The van der Waals surface area contributed by atoms with Gasteiger partial charge >= 0.3 is 0 Å². The van der Waals surface area contributed by atoms with E-state index in [0.717, 1.165) is 10.5 Å². The molecular weight excluding hydrogens is 573 g/mol. The number of unbranched alkanes of at least 4 members (excludes halogenated alkanes) is 34. The molecule has 0 N–H and O–H groups in total. The van der Waals surface area contributed by atoms with Gasteiger partial charge in [0.15, 0.2) is 0 Å². The molecular formula is C44H92OSi. The first kappa shape index (κ1) is 46.2. The molecule has 1 nitrogen and oxygen atoms in total. The highest BCUT2D eigenvalue weighted by Gasteiger charge is 2.27. The van der Waals surface area contributed by atoms with Crippen molar-refractivity contribution in [2.75, 3.05) is 0 Å². The van der Waals surface area contributed by atoms with Gasteiger partial charge in [0, 0.05) is 0 Å². The van der Waals surface area contributed by atoms with Crippen LogP contribution in [0, 0.1) is 0 Å². The molecule has 0 bridgehead atoms. The minimum absolute atomic E-state index is 0.223. The molecule has 0 rings (SSSR count). The third-order valence-corrected chi connectivity index (χ3v) is 12.0. The fourth-order valence-corrected chi connectivity index (χ4v) is 8.33. The molecule has 0 unspecified atom stereocenters. The Bertz CT molecular complexity index is 506. The van der Waals surface area contributed by atoms with Crippen molar-refractivity contribution in [3.8, 4) is 0 Å². The predicted octanol–water partition coefficient (Wildman–Crippen LogP) is 15.7. The van der Waals surface area contributed by atoms with Gasteiger partial charge in [-0.05, 0) is 19.3 Å². The summed E-state index contributed by atoms with van der Waals surface area (Å²) in [7, 11) is 0.909. The standard InChI is InChI=1S/C44H92OSi/c1-4-7-10-13-16-19-22-25-28-31-34-37-40-43-44(45-46,41-38-35-32-29-26-23-20-17-14-11-8-5-2)42-39-36-33-30-27-24-21-18-15-12-9-6-3/h4-43H2,1-3,46H3. The molecule has 0 atom stereocenters. The van der Waals surface area contributed by atoms with E-state index in [4.69, 9.17) is 4.43 Å². The van der Waals surface area contributed by atoms with Crippen LogP contribution in [0.1, 0.15) is 278 Å². The Morgan fingerprint density at radius 2 is 0.413 bits per heavy atom. The average molecular weight is 665 g/mol. The smallest absolute Gasteiger partial charge is 0.146 e. The summed E-state index contributed by atoms with van der Waals surface area (Å²) in [5, 5.41) is 0. The van der Waals surface area contributed by atoms with Gasteiger partial charge in [0.25, 0.3) is 0 Å². The SMILES string of the molecule is CCCCCCCCCCCCCCCC(CCCCCCCCCCCCCC)(CCCCCCCCCCCCCC)O[SiH3]. The van der Waals surface area contributed by atoms with E-state index in [1.807, 2.05) is 0 Å². The number of hydrogen-bond acceptors (Lipinski definition) is 1. The van der Waals surface area contributed by atoms with Crippen LogP contribution in [0.25, 0.3) is 0 Å². The Morgan fingerprint density at radius 1 is 0.261 bits per heavy atom. The molecule has 0 fully saturated rings. The predicted molar refractivity (Wildman–Crippen MR) is 215 cm³/mol.